The molecule has 1 aliphatic rings. The normalized spacial score (nSPS) is 17.7. The van der Waals surface area contributed by atoms with E-state index in [0.717, 1.165) is 35.9 Å². The SMILES string of the molecule is CN=C(NCc1cn2ccsc2n1)NC1CCc2cn(C(C)C)nc2C1. The minimum absolute atomic E-state index is 0.356. The third-order valence-electron chi connectivity index (χ3n) is 4.77. The zero-order valence-corrected chi connectivity index (χ0v) is 16.3. The zero-order chi connectivity index (χ0) is 18.1. The average Bonchev–Trinajstić information content (AvgIpc) is 3.31. The lowest BCUT2D eigenvalue weighted by atomic mass is 9.94. The predicted molar refractivity (Wildman–Crippen MR) is 105 cm³/mol. The van der Waals surface area contributed by atoms with Crippen molar-refractivity contribution in [2.24, 2.45) is 4.99 Å². The Labute approximate surface area is 157 Å². The molecule has 3 heterocycles. The molecule has 0 aromatic carbocycles. The van der Waals surface area contributed by atoms with E-state index in [1.54, 1.807) is 11.3 Å². The first-order valence-electron chi connectivity index (χ1n) is 9.07. The Hall–Kier alpha value is -2.35. The van der Waals surface area contributed by atoms with E-state index >= 15 is 0 Å². The van der Waals surface area contributed by atoms with Crippen molar-refractivity contribution in [3.05, 3.63) is 40.9 Å². The molecule has 0 saturated heterocycles. The summed E-state index contributed by atoms with van der Waals surface area (Å²) in [7, 11) is 1.81. The summed E-state index contributed by atoms with van der Waals surface area (Å²) in [5.41, 5.74) is 3.62. The van der Waals surface area contributed by atoms with Crippen molar-refractivity contribution in [3.63, 3.8) is 0 Å². The maximum Gasteiger partial charge on any atom is 0.193 e. The van der Waals surface area contributed by atoms with Crippen LogP contribution in [0.1, 0.15) is 43.3 Å². The number of aromatic nitrogens is 4. The molecule has 26 heavy (non-hydrogen) atoms. The van der Waals surface area contributed by atoms with Crippen LogP contribution in [0, 0.1) is 0 Å². The Morgan fingerprint density at radius 1 is 1.42 bits per heavy atom. The van der Waals surface area contributed by atoms with Gasteiger partial charge in [0.15, 0.2) is 10.9 Å². The Morgan fingerprint density at radius 3 is 3.08 bits per heavy atom. The molecular weight excluding hydrogens is 346 g/mol. The number of nitrogens with zero attached hydrogens (tertiary/aromatic N) is 5. The van der Waals surface area contributed by atoms with Crippen LogP contribution in [0.2, 0.25) is 0 Å². The van der Waals surface area contributed by atoms with Gasteiger partial charge in [-0.15, -0.1) is 11.3 Å². The van der Waals surface area contributed by atoms with Gasteiger partial charge in [-0.2, -0.15) is 5.10 Å². The molecule has 0 radical (unpaired) electrons. The van der Waals surface area contributed by atoms with Crippen molar-refractivity contribution >= 4 is 22.3 Å². The van der Waals surface area contributed by atoms with Gasteiger partial charge in [0.25, 0.3) is 0 Å². The third kappa shape index (κ3) is 3.46. The topological polar surface area (TPSA) is 71.5 Å². The Balaban J connectivity index is 1.35. The first-order valence-corrected chi connectivity index (χ1v) is 9.95. The van der Waals surface area contributed by atoms with Gasteiger partial charge in [0, 0.05) is 49.5 Å². The summed E-state index contributed by atoms with van der Waals surface area (Å²) < 4.78 is 4.12. The third-order valence-corrected chi connectivity index (χ3v) is 5.54. The fraction of sp³-hybridized carbons (Fsp3) is 0.500. The van der Waals surface area contributed by atoms with E-state index < -0.39 is 0 Å². The van der Waals surface area contributed by atoms with Gasteiger partial charge in [-0.1, -0.05) is 0 Å². The molecule has 3 aromatic heterocycles. The standard InChI is InChI=1S/C18H25N7S/c1-12(2)25-10-13-4-5-14(8-16(13)23-25)21-17(19-3)20-9-15-11-24-6-7-26-18(24)22-15/h6-7,10-12,14H,4-5,8-9H2,1-3H3,(H2,19,20,21). The van der Waals surface area contributed by atoms with Crippen LogP contribution in [0.4, 0.5) is 0 Å². The molecule has 0 spiro atoms. The van der Waals surface area contributed by atoms with Gasteiger partial charge >= 0.3 is 0 Å². The molecule has 3 aromatic rings. The molecule has 8 heteroatoms. The second kappa shape index (κ2) is 7.11. The Bertz CT molecular complexity index is 889. The number of rotatable bonds is 4. The Kier molecular flexibility index (Phi) is 4.67. The number of fused-ring (bicyclic) bond motifs is 2. The molecular formula is C18H25N7S. The lowest BCUT2D eigenvalue weighted by Gasteiger charge is -2.24. The summed E-state index contributed by atoms with van der Waals surface area (Å²) >= 11 is 1.64. The minimum atomic E-state index is 0.356. The van der Waals surface area contributed by atoms with E-state index in [1.807, 2.05) is 23.0 Å². The van der Waals surface area contributed by atoms with Gasteiger partial charge in [-0.25, -0.2) is 4.98 Å². The maximum absolute atomic E-state index is 4.75. The number of guanidine groups is 1. The lowest BCUT2D eigenvalue weighted by Crippen LogP contribution is -2.45. The monoisotopic (exact) mass is 371 g/mol. The molecule has 2 N–H and O–H groups in total. The fourth-order valence-electron chi connectivity index (χ4n) is 3.32. The van der Waals surface area contributed by atoms with Crippen LogP contribution in [0.3, 0.4) is 0 Å². The van der Waals surface area contributed by atoms with Crippen molar-refractivity contribution in [2.75, 3.05) is 7.05 Å². The van der Waals surface area contributed by atoms with Crippen molar-refractivity contribution in [3.8, 4) is 0 Å². The van der Waals surface area contributed by atoms with Crippen LogP contribution >= 0.6 is 11.3 Å². The van der Waals surface area contributed by atoms with E-state index in [-0.39, 0.29) is 0 Å². The first kappa shape index (κ1) is 17.1. The molecule has 4 rings (SSSR count). The second-order valence-corrected chi connectivity index (χ2v) is 7.88. The predicted octanol–water partition coefficient (Wildman–Crippen LogP) is 2.40. The molecule has 0 saturated carbocycles. The molecule has 1 aliphatic carbocycles. The van der Waals surface area contributed by atoms with Crippen LogP contribution in [-0.4, -0.2) is 38.2 Å². The van der Waals surface area contributed by atoms with Gasteiger partial charge in [-0.05, 0) is 32.3 Å². The van der Waals surface area contributed by atoms with Crippen LogP contribution in [-0.2, 0) is 19.4 Å². The smallest absolute Gasteiger partial charge is 0.193 e. The number of aliphatic imine (C=N–C) groups is 1. The van der Waals surface area contributed by atoms with Crippen molar-refractivity contribution in [1.82, 2.24) is 29.8 Å². The van der Waals surface area contributed by atoms with Crippen LogP contribution in [0.15, 0.2) is 29.0 Å². The minimum Gasteiger partial charge on any atom is -0.353 e. The van der Waals surface area contributed by atoms with Crippen molar-refractivity contribution in [2.45, 2.75) is 51.7 Å². The maximum atomic E-state index is 4.75. The molecule has 1 unspecified atom stereocenters. The summed E-state index contributed by atoms with van der Waals surface area (Å²) in [5.74, 6) is 0.818. The molecule has 0 fully saturated rings. The number of hydrogen-bond donors (Lipinski definition) is 2. The van der Waals surface area contributed by atoms with Gasteiger partial charge in [0.2, 0.25) is 0 Å². The van der Waals surface area contributed by atoms with Gasteiger partial charge < -0.3 is 10.6 Å². The second-order valence-electron chi connectivity index (χ2n) is 7.01. The number of nitrogens with one attached hydrogen (secondary N) is 2. The number of aryl methyl sites for hydroxylation is 1. The summed E-state index contributed by atoms with van der Waals surface area (Å²) in [6.07, 6.45) is 9.38. The zero-order valence-electron chi connectivity index (χ0n) is 15.4. The molecule has 0 amide bonds. The highest BCUT2D eigenvalue weighted by atomic mass is 32.1. The highest BCUT2D eigenvalue weighted by molar-refractivity contribution is 7.15. The van der Waals surface area contributed by atoms with E-state index in [4.69, 9.17) is 5.10 Å². The van der Waals surface area contributed by atoms with Gasteiger partial charge in [0.1, 0.15) is 0 Å². The van der Waals surface area contributed by atoms with Crippen LogP contribution in [0.5, 0.6) is 0 Å². The molecule has 138 valence electrons. The number of thiazole rings is 1. The van der Waals surface area contributed by atoms with Gasteiger partial charge in [-0.3, -0.25) is 14.1 Å². The first-order chi connectivity index (χ1) is 12.6. The lowest BCUT2D eigenvalue weighted by molar-refractivity contribution is 0.499. The molecule has 0 bridgehead atoms. The van der Waals surface area contributed by atoms with Crippen molar-refractivity contribution < 1.29 is 0 Å². The largest absolute Gasteiger partial charge is 0.353 e. The number of hydrogen-bond acceptors (Lipinski definition) is 4. The van der Waals surface area contributed by atoms with E-state index in [2.05, 4.69) is 51.5 Å². The highest BCUT2D eigenvalue weighted by Crippen LogP contribution is 2.21. The molecule has 7 nitrogen and oxygen atoms in total. The van der Waals surface area contributed by atoms with E-state index in [0.29, 0.717) is 18.6 Å². The van der Waals surface area contributed by atoms with Crippen molar-refractivity contribution in [1.29, 1.82) is 0 Å². The summed E-state index contributed by atoms with van der Waals surface area (Å²) in [4.78, 5) is 9.98. The van der Waals surface area contributed by atoms with E-state index in [1.165, 1.54) is 11.3 Å². The fourth-order valence-corrected chi connectivity index (χ4v) is 4.04. The molecule has 1 atom stereocenters. The summed E-state index contributed by atoms with van der Waals surface area (Å²) in [5, 5.41) is 13.7. The van der Waals surface area contributed by atoms with Crippen LogP contribution < -0.4 is 10.6 Å². The van der Waals surface area contributed by atoms with Crippen LogP contribution in [0.25, 0.3) is 4.96 Å². The van der Waals surface area contributed by atoms with Gasteiger partial charge in [0.05, 0.1) is 17.9 Å². The quantitative estimate of drug-likeness (QED) is 0.546. The number of imidazole rings is 1. The van der Waals surface area contributed by atoms with E-state index in [9.17, 15) is 0 Å². The Morgan fingerprint density at radius 2 is 2.31 bits per heavy atom. The highest BCUT2D eigenvalue weighted by Gasteiger charge is 2.23. The average molecular weight is 372 g/mol. The summed E-state index contributed by atoms with van der Waals surface area (Å²) in [6, 6.07) is 0.765. The molecule has 0 aliphatic heterocycles. The summed E-state index contributed by atoms with van der Waals surface area (Å²) in [6.45, 7) is 4.99.